The van der Waals surface area contributed by atoms with Crippen LogP contribution in [0.4, 0.5) is 0 Å². The summed E-state index contributed by atoms with van der Waals surface area (Å²) >= 11 is 1.68. The molecule has 5 nitrogen and oxygen atoms in total. The van der Waals surface area contributed by atoms with Gasteiger partial charge in [0, 0.05) is 24.5 Å². The molecule has 1 N–H and O–H groups in total. The molecule has 28 heavy (non-hydrogen) atoms. The molecule has 0 saturated carbocycles. The lowest BCUT2D eigenvalue weighted by Crippen LogP contribution is -2.43. The number of hydrogen-bond acceptors (Lipinski definition) is 5. The van der Waals surface area contributed by atoms with E-state index in [-0.39, 0.29) is 11.9 Å². The van der Waals surface area contributed by atoms with E-state index >= 15 is 0 Å². The van der Waals surface area contributed by atoms with Crippen LogP contribution < -0.4 is 5.32 Å². The van der Waals surface area contributed by atoms with Gasteiger partial charge in [0.2, 0.25) is 0 Å². The van der Waals surface area contributed by atoms with Crippen LogP contribution in [-0.2, 0) is 17.6 Å². The van der Waals surface area contributed by atoms with Crippen molar-refractivity contribution in [2.75, 3.05) is 32.8 Å². The lowest BCUT2D eigenvalue weighted by atomic mass is 10.00. The highest BCUT2D eigenvalue weighted by molar-refractivity contribution is 7.14. The molecular weight excluding hydrogens is 372 g/mol. The number of hydrogen-bond donors (Lipinski definition) is 1. The Kier molecular flexibility index (Phi) is 6.50. The molecular formula is C22H30N2O3S. The maximum absolute atomic E-state index is 12.9. The quantitative estimate of drug-likeness (QED) is 0.818. The van der Waals surface area contributed by atoms with Crippen LogP contribution in [0.5, 0.6) is 0 Å². The highest BCUT2D eigenvalue weighted by Gasteiger charge is 2.26. The number of amides is 1. The molecule has 1 unspecified atom stereocenters. The monoisotopic (exact) mass is 402 g/mol. The predicted molar refractivity (Wildman–Crippen MR) is 111 cm³/mol. The predicted octanol–water partition coefficient (Wildman–Crippen LogP) is 4.11. The molecule has 152 valence electrons. The summed E-state index contributed by atoms with van der Waals surface area (Å²) in [7, 11) is 0. The number of furan rings is 1. The van der Waals surface area contributed by atoms with E-state index in [4.69, 9.17) is 9.15 Å². The summed E-state index contributed by atoms with van der Waals surface area (Å²) in [5, 5.41) is 3.17. The summed E-state index contributed by atoms with van der Waals surface area (Å²) in [6, 6.07) is 6.19. The van der Waals surface area contributed by atoms with Crippen molar-refractivity contribution in [1.82, 2.24) is 10.2 Å². The number of aryl methyl sites for hydroxylation is 3. The molecule has 3 heterocycles. The third kappa shape index (κ3) is 4.67. The van der Waals surface area contributed by atoms with Gasteiger partial charge in [-0.3, -0.25) is 9.69 Å². The number of nitrogens with one attached hydrogen (secondary N) is 1. The molecule has 0 bridgehead atoms. The van der Waals surface area contributed by atoms with E-state index in [1.807, 2.05) is 19.1 Å². The fraction of sp³-hybridized carbons (Fsp3) is 0.591. The summed E-state index contributed by atoms with van der Waals surface area (Å²) in [6.07, 6.45) is 7.33. The molecule has 1 amide bonds. The Morgan fingerprint density at radius 1 is 1.18 bits per heavy atom. The van der Waals surface area contributed by atoms with E-state index in [1.165, 1.54) is 36.1 Å². The lowest BCUT2D eigenvalue weighted by molar-refractivity contribution is 0.0117. The Morgan fingerprint density at radius 3 is 2.71 bits per heavy atom. The fourth-order valence-electron chi connectivity index (χ4n) is 4.16. The zero-order valence-electron chi connectivity index (χ0n) is 16.7. The average Bonchev–Trinajstić information content (AvgIpc) is 3.29. The van der Waals surface area contributed by atoms with Gasteiger partial charge in [0.25, 0.3) is 5.91 Å². The van der Waals surface area contributed by atoms with Crippen molar-refractivity contribution in [2.24, 2.45) is 0 Å². The number of nitrogens with zero attached hydrogens (tertiary/aromatic N) is 1. The van der Waals surface area contributed by atoms with Crippen LogP contribution in [0.15, 0.2) is 22.6 Å². The van der Waals surface area contributed by atoms with Crippen molar-refractivity contribution in [3.05, 3.63) is 45.0 Å². The van der Waals surface area contributed by atoms with Gasteiger partial charge in [0.1, 0.15) is 11.5 Å². The molecule has 2 aromatic heterocycles. The third-order valence-corrected chi connectivity index (χ3v) is 6.99. The molecule has 0 spiro atoms. The van der Waals surface area contributed by atoms with Crippen molar-refractivity contribution < 1.29 is 13.9 Å². The van der Waals surface area contributed by atoms with Gasteiger partial charge in [0.15, 0.2) is 0 Å². The van der Waals surface area contributed by atoms with Crippen LogP contribution in [0.3, 0.4) is 0 Å². The summed E-state index contributed by atoms with van der Waals surface area (Å²) in [4.78, 5) is 17.5. The van der Waals surface area contributed by atoms with Crippen LogP contribution >= 0.6 is 11.3 Å². The normalized spacial score (nSPS) is 19.5. The van der Waals surface area contributed by atoms with E-state index in [1.54, 1.807) is 11.3 Å². The van der Waals surface area contributed by atoms with Crippen molar-refractivity contribution in [2.45, 2.75) is 51.5 Å². The Morgan fingerprint density at radius 2 is 1.96 bits per heavy atom. The minimum absolute atomic E-state index is 0.0401. The lowest BCUT2D eigenvalue weighted by Gasteiger charge is -2.33. The van der Waals surface area contributed by atoms with E-state index in [9.17, 15) is 4.79 Å². The summed E-state index contributed by atoms with van der Waals surface area (Å²) < 4.78 is 11.4. The molecule has 2 aromatic rings. The van der Waals surface area contributed by atoms with Crippen LogP contribution in [0, 0.1) is 6.92 Å². The van der Waals surface area contributed by atoms with E-state index in [0.29, 0.717) is 6.54 Å². The number of ether oxygens (including phenoxy) is 1. The molecule has 1 fully saturated rings. The molecule has 4 rings (SSSR count). The maximum Gasteiger partial charge on any atom is 0.261 e. The second-order valence-electron chi connectivity index (χ2n) is 7.80. The van der Waals surface area contributed by atoms with E-state index in [2.05, 4.69) is 16.3 Å². The number of carbonyl (C=O) groups is 1. The van der Waals surface area contributed by atoms with Crippen molar-refractivity contribution >= 4 is 17.2 Å². The Balaban J connectivity index is 1.44. The van der Waals surface area contributed by atoms with E-state index in [0.717, 1.165) is 55.5 Å². The number of morpholine rings is 1. The zero-order chi connectivity index (χ0) is 19.3. The number of thiophene rings is 1. The number of carbonyl (C=O) groups excluding carboxylic acids is 1. The number of rotatable bonds is 5. The van der Waals surface area contributed by atoms with Gasteiger partial charge in [-0.05, 0) is 56.4 Å². The second-order valence-corrected chi connectivity index (χ2v) is 8.93. The topological polar surface area (TPSA) is 54.7 Å². The first-order chi connectivity index (χ1) is 13.7. The first-order valence-corrected chi connectivity index (χ1v) is 11.3. The maximum atomic E-state index is 12.9. The van der Waals surface area contributed by atoms with Gasteiger partial charge in [-0.25, -0.2) is 0 Å². The fourth-order valence-corrected chi connectivity index (χ4v) is 5.33. The molecule has 1 saturated heterocycles. The molecule has 0 radical (unpaired) electrons. The van der Waals surface area contributed by atoms with Crippen LogP contribution in [0.25, 0.3) is 0 Å². The first-order valence-electron chi connectivity index (χ1n) is 10.5. The zero-order valence-corrected chi connectivity index (χ0v) is 17.5. The highest BCUT2D eigenvalue weighted by atomic mass is 32.1. The van der Waals surface area contributed by atoms with E-state index < -0.39 is 0 Å². The summed E-state index contributed by atoms with van der Waals surface area (Å²) in [5.41, 5.74) is 1.39. The number of fused-ring (bicyclic) bond motifs is 1. The standard InChI is InChI=1S/C22H30N2O3S/c1-16-8-9-19(27-16)18(24-10-12-26-13-11-24)15-23-22(25)21-14-17-6-4-2-3-5-7-20(17)28-21/h8-9,14,18H,2-7,10-13,15H2,1H3,(H,23,25). The van der Waals surface area contributed by atoms with Gasteiger partial charge in [-0.15, -0.1) is 11.3 Å². The molecule has 1 aliphatic carbocycles. The minimum Gasteiger partial charge on any atom is -0.465 e. The first kappa shape index (κ1) is 19.7. The third-order valence-electron chi connectivity index (χ3n) is 5.75. The van der Waals surface area contributed by atoms with Gasteiger partial charge in [-0.2, -0.15) is 0 Å². The summed E-state index contributed by atoms with van der Waals surface area (Å²) in [6.45, 7) is 5.67. The molecule has 0 aromatic carbocycles. The molecule has 2 aliphatic rings. The van der Waals surface area contributed by atoms with Crippen LogP contribution in [0.1, 0.15) is 63.4 Å². The van der Waals surface area contributed by atoms with Crippen molar-refractivity contribution in [1.29, 1.82) is 0 Å². The highest BCUT2D eigenvalue weighted by Crippen LogP contribution is 2.29. The van der Waals surface area contributed by atoms with Gasteiger partial charge in [-0.1, -0.05) is 12.8 Å². The Bertz CT molecular complexity index is 766. The van der Waals surface area contributed by atoms with Crippen LogP contribution in [-0.4, -0.2) is 43.7 Å². The summed E-state index contributed by atoms with van der Waals surface area (Å²) in [5.74, 6) is 1.86. The van der Waals surface area contributed by atoms with Crippen molar-refractivity contribution in [3.8, 4) is 0 Å². The Labute approximate surface area is 171 Å². The Hall–Kier alpha value is -1.63. The minimum atomic E-state index is 0.0401. The van der Waals surface area contributed by atoms with Crippen molar-refractivity contribution in [3.63, 3.8) is 0 Å². The van der Waals surface area contributed by atoms with Gasteiger partial charge >= 0.3 is 0 Å². The molecule has 1 atom stereocenters. The smallest absolute Gasteiger partial charge is 0.261 e. The van der Waals surface area contributed by atoms with Crippen LogP contribution in [0.2, 0.25) is 0 Å². The molecule has 6 heteroatoms. The second kappa shape index (κ2) is 9.25. The van der Waals surface area contributed by atoms with Gasteiger partial charge < -0.3 is 14.5 Å². The van der Waals surface area contributed by atoms with Gasteiger partial charge in [0.05, 0.1) is 24.1 Å². The largest absolute Gasteiger partial charge is 0.465 e. The SMILES string of the molecule is Cc1ccc(C(CNC(=O)c2cc3c(s2)CCCCCC3)N2CCOCC2)o1. The molecule has 1 aliphatic heterocycles. The average molecular weight is 403 g/mol.